The van der Waals surface area contributed by atoms with Crippen molar-refractivity contribution in [2.24, 2.45) is 11.8 Å². The van der Waals surface area contributed by atoms with E-state index in [9.17, 15) is 19.2 Å². The van der Waals surface area contributed by atoms with E-state index < -0.39 is 71.4 Å². The summed E-state index contributed by atoms with van der Waals surface area (Å²) in [5.41, 5.74) is 5.10. The fourth-order valence-electron chi connectivity index (χ4n) is 14.7. The Bertz CT molecular complexity index is 5270. The van der Waals surface area contributed by atoms with Gasteiger partial charge in [0, 0.05) is 104 Å². The third-order valence-corrected chi connectivity index (χ3v) is 20.7. The monoisotopic (exact) mass is 1610 g/mol. The molecule has 0 radical (unpaired) electrons. The molecule has 11 aromatic carbocycles. The number of benzene rings is 11. The Balaban J connectivity index is 1.14. The SMILES string of the molecule is C=C(C)C(=O)OCCc1ccc(Oc2cc3c4c(cc(Oc5ccc(CCOC(=O)C(=C)C)cc5)c5c6c(Oc7ccc(CCOC(=O)C(=C)C)cc7)cc7c8c(cc(Oc9ccc(CCOC(=O)C(=C)C)cc9)c(c2c45)c86)C(=O)N(C(CC(C)C)C(=O)NCc2ccccc2)C7=O)C(=O)N(C(CC(C)C)C(=O)NCc2ccccc2)C3=O)cc1. The summed E-state index contributed by atoms with van der Waals surface area (Å²) >= 11 is 0. The van der Waals surface area contributed by atoms with Gasteiger partial charge < -0.3 is 48.5 Å². The minimum absolute atomic E-state index is 0.0221. The number of hydrogen-bond acceptors (Lipinski definition) is 18. The van der Waals surface area contributed by atoms with E-state index in [4.69, 9.17) is 37.9 Å². The molecular weight excluding hydrogens is 1520 g/mol. The smallest absolute Gasteiger partial charge is 0.333 e. The van der Waals surface area contributed by atoms with E-state index in [1.54, 1.807) is 125 Å². The summed E-state index contributed by atoms with van der Waals surface area (Å²) in [6, 6.07) is 49.4. The van der Waals surface area contributed by atoms with Crippen molar-refractivity contribution >= 4 is 102 Å². The third kappa shape index (κ3) is 18.5. The van der Waals surface area contributed by atoms with E-state index in [0.717, 1.165) is 43.2 Å². The summed E-state index contributed by atoms with van der Waals surface area (Å²) in [5.74, 6) is -6.72. The van der Waals surface area contributed by atoms with Crippen molar-refractivity contribution in [1.29, 1.82) is 0 Å². The molecule has 0 bridgehead atoms. The van der Waals surface area contributed by atoms with Gasteiger partial charge in [0.15, 0.2) is 0 Å². The predicted octanol–water partition coefficient (Wildman–Crippen LogP) is 18.2. The zero-order valence-electron chi connectivity index (χ0n) is 68.2. The first-order valence-electron chi connectivity index (χ1n) is 39.7. The van der Waals surface area contributed by atoms with Gasteiger partial charge in [-0.25, -0.2) is 19.2 Å². The second-order valence-corrected chi connectivity index (χ2v) is 31.0. The van der Waals surface area contributed by atoms with Gasteiger partial charge >= 0.3 is 23.9 Å². The molecule has 22 heteroatoms. The number of rotatable bonds is 36. The van der Waals surface area contributed by atoms with E-state index in [1.807, 2.05) is 88.4 Å². The van der Waals surface area contributed by atoms with Crippen molar-refractivity contribution in [2.45, 2.75) is 119 Å². The topological polar surface area (TPSA) is 275 Å². The molecular formula is C98H92N4O18. The van der Waals surface area contributed by atoms with E-state index in [0.29, 0.717) is 25.7 Å². The summed E-state index contributed by atoms with van der Waals surface area (Å²) < 4.78 is 51.2. The molecule has 22 nitrogen and oxygen atoms in total. The molecule has 2 aliphatic rings. The van der Waals surface area contributed by atoms with E-state index in [2.05, 4.69) is 36.9 Å². The second-order valence-electron chi connectivity index (χ2n) is 31.0. The molecule has 612 valence electrons. The molecule has 0 aliphatic carbocycles. The van der Waals surface area contributed by atoms with Gasteiger partial charge in [0.1, 0.15) is 58.1 Å². The predicted molar refractivity (Wildman–Crippen MR) is 456 cm³/mol. The first-order valence-corrected chi connectivity index (χ1v) is 39.7. The molecule has 11 aromatic rings. The van der Waals surface area contributed by atoms with Crippen molar-refractivity contribution < 1.29 is 85.8 Å². The van der Waals surface area contributed by atoms with Crippen LogP contribution in [0.3, 0.4) is 0 Å². The Morgan fingerprint density at radius 2 is 0.550 bits per heavy atom. The number of hydrogen-bond donors (Lipinski definition) is 2. The fourth-order valence-corrected chi connectivity index (χ4v) is 14.7. The summed E-state index contributed by atoms with van der Waals surface area (Å²) in [6.45, 7) is 28.8. The number of carbonyl (C=O) groups is 10. The lowest BCUT2D eigenvalue weighted by atomic mass is 9.80. The van der Waals surface area contributed by atoms with Crippen molar-refractivity contribution in [2.75, 3.05) is 26.4 Å². The number of imide groups is 2. The van der Waals surface area contributed by atoms with Crippen LogP contribution in [0.25, 0.3) is 43.1 Å². The minimum atomic E-state index is -1.40. The molecule has 2 atom stereocenters. The van der Waals surface area contributed by atoms with Crippen LogP contribution in [0, 0.1) is 11.8 Å². The standard InChI is InChI=1S/C98H92N4O18/c1-55(2)47-75(89(103)99-53-65-19-15-13-16-20-65)101-91(105)71-49-77(117-67-31-23-61(24-32-67)39-43-113-95(109)57(5)6)83-85-79(119-69-35-27-63(28-36-69)41-45-115-97(111)59(9)10)51-73-82-74(94(108)102(93(73)107)76(48-56(3)4)90(104)100-54-66-21-17-14-18-22-66)52-80(120-70-37-29-64(30-38-70)42-46-116-98(112)60(11)12)86(88(82)85)84-78(50-72(92(101)106)81(71)87(83)84)118-68-33-25-62(26-34-68)40-44-114-96(110)58(7)8/h13-38,49-52,55-56,75-76H,5,7,9,11,39-48,53-54H2,1-4,6,8,10,12H3,(H,99,103)(H,100,104). The maximum atomic E-state index is 16.6. The second kappa shape index (κ2) is 36.7. The molecule has 0 fully saturated rings. The number of amides is 6. The van der Waals surface area contributed by atoms with Crippen molar-refractivity contribution in [1.82, 2.24) is 20.4 Å². The molecule has 2 aliphatic heterocycles. The van der Waals surface area contributed by atoms with Gasteiger partial charge in [0.05, 0.1) is 48.7 Å². The van der Waals surface area contributed by atoms with Gasteiger partial charge in [-0.15, -0.1) is 0 Å². The molecule has 2 unspecified atom stereocenters. The molecule has 0 saturated heterocycles. The molecule has 13 rings (SSSR count). The first kappa shape index (κ1) is 83.9. The van der Waals surface area contributed by atoms with Crippen LogP contribution in [0.4, 0.5) is 0 Å². The lowest BCUT2D eigenvalue weighted by Crippen LogP contribution is -2.54. The highest BCUT2D eigenvalue weighted by molar-refractivity contribution is 6.45. The largest absolute Gasteiger partial charge is 0.462 e. The fraction of sp³-hybridized carbons (Fsp3) is 0.245. The van der Waals surface area contributed by atoms with Crippen molar-refractivity contribution in [3.8, 4) is 46.0 Å². The summed E-state index contributed by atoms with van der Waals surface area (Å²) in [7, 11) is 0. The Morgan fingerprint density at radius 1 is 0.317 bits per heavy atom. The van der Waals surface area contributed by atoms with Crippen LogP contribution in [0.2, 0.25) is 0 Å². The average molecular weight is 1610 g/mol. The molecule has 0 aromatic heterocycles. The maximum Gasteiger partial charge on any atom is 0.333 e. The number of nitrogens with zero attached hydrogens (tertiary/aromatic N) is 2. The minimum Gasteiger partial charge on any atom is -0.462 e. The highest BCUT2D eigenvalue weighted by Crippen LogP contribution is 2.58. The van der Waals surface area contributed by atoms with Gasteiger partial charge in [-0.05, 0) is 159 Å². The summed E-state index contributed by atoms with van der Waals surface area (Å²) in [5, 5.41) is 7.13. The van der Waals surface area contributed by atoms with Crippen molar-refractivity contribution in [3.63, 3.8) is 0 Å². The van der Waals surface area contributed by atoms with Crippen LogP contribution >= 0.6 is 0 Å². The normalized spacial score (nSPS) is 12.8. The van der Waals surface area contributed by atoms with Crippen LogP contribution in [0.1, 0.15) is 143 Å². The number of ether oxygens (including phenoxy) is 8. The van der Waals surface area contributed by atoms with Crippen LogP contribution in [0.5, 0.6) is 46.0 Å². The molecule has 2 heterocycles. The Kier molecular flexibility index (Phi) is 25.6. The molecule has 120 heavy (non-hydrogen) atoms. The van der Waals surface area contributed by atoms with Gasteiger partial charge in [0.25, 0.3) is 23.6 Å². The quantitative estimate of drug-likeness (QED) is 0.00922. The van der Waals surface area contributed by atoms with E-state index in [-0.39, 0.29) is 198 Å². The molecule has 2 N–H and O–H groups in total. The van der Waals surface area contributed by atoms with Gasteiger partial charge in [0.2, 0.25) is 11.8 Å². The number of fused-ring (bicyclic) bond motifs is 2. The van der Waals surface area contributed by atoms with Crippen LogP contribution in [0.15, 0.2) is 231 Å². The lowest BCUT2D eigenvalue weighted by molar-refractivity contribution is -0.139. The van der Waals surface area contributed by atoms with Gasteiger partial charge in [-0.1, -0.05) is 163 Å². The Morgan fingerprint density at radius 3 is 0.767 bits per heavy atom. The summed E-state index contributed by atoms with van der Waals surface area (Å²) in [6.07, 6.45) is 1.23. The first-order chi connectivity index (χ1) is 57.6. The third-order valence-electron chi connectivity index (χ3n) is 20.7. The summed E-state index contributed by atoms with van der Waals surface area (Å²) in [4.78, 5) is 149. The highest BCUT2D eigenvalue weighted by Gasteiger charge is 2.47. The number of carbonyl (C=O) groups excluding carboxylic acids is 10. The molecule has 0 saturated carbocycles. The Labute approximate surface area is 694 Å². The zero-order chi connectivity index (χ0) is 85.3. The van der Waals surface area contributed by atoms with Crippen LogP contribution in [-0.4, -0.2) is 108 Å². The number of nitrogens with one attached hydrogen (secondary N) is 2. The van der Waals surface area contributed by atoms with Crippen LogP contribution in [-0.2, 0) is 86.5 Å². The maximum absolute atomic E-state index is 16.6. The van der Waals surface area contributed by atoms with Gasteiger partial charge in [-0.3, -0.25) is 38.6 Å². The molecule has 6 amide bonds. The Hall–Kier alpha value is -14.0. The van der Waals surface area contributed by atoms with E-state index >= 15 is 28.8 Å². The van der Waals surface area contributed by atoms with Crippen molar-refractivity contribution in [3.05, 3.63) is 286 Å². The number of esters is 4. The average Bonchev–Trinajstić information content (AvgIpc) is 0.669. The van der Waals surface area contributed by atoms with Crippen LogP contribution < -0.4 is 29.6 Å². The highest BCUT2D eigenvalue weighted by atomic mass is 16.5. The molecule has 0 spiro atoms. The zero-order valence-corrected chi connectivity index (χ0v) is 68.2. The van der Waals surface area contributed by atoms with E-state index in [1.165, 1.54) is 24.3 Å². The van der Waals surface area contributed by atoms with Gasteiger partial charge in [-0.2, -0.15) is 0 Å². The lowest BCUT2D eigenvalue weighted by Gasteiger charge is -2.36.